The number of carbonyl (C=O) groups is 1. The van der Waals surface area contributed by atoms with Crippen LogP contribution in [-0.4, -0.2) is 17.9 Å². The highest BCUT2D eigenvalue weighted by atomic mass is 16.1. The molecular formula is C13H23NO. The van der Waals surface area contributed by atoms with Gasteiger partial charge in [-0.1, -0.05) is 20.8 Å². The van der Waals surface area contributed by atoms with Crippen LogP contribution >= 0.6 is 0 Å². The summed E-state index contributed by atoms with van der Waals surface area (Å²) in [5.74, 6) is 0.843. The molecule has 2 rings (SSSR count). The minimum atomic E-state index is 0.292. The van der Waals surface area contributed by atoms with E-state index in [9.17, 15) is 4.79 Å². The molecule has 2 aliphatic heterocycles. The molecule has 2 saturated heterocycles. The van der Waals surface area contributed by atoms with Gasteiger partial charge in [-0.3, -0.25) is 4.79 Å². The largest absolute Gasteiger partial charge is 0.310 e. The lowest BCUT2D eigenvalue weighted by molar-refractivity contribution is -0.123. The Morgan fingerprint density at radius 1 is 1.33 bits per heavy atom. The predicted octanol–water partition coefficient (Wildman–Crippen LogP) is 2.52. The fourth-order valence-corrected chi connectivity index (χ4v) is 2.86. The monoisotopic (exact) mass is 209 g/mol. The van der Waals surface area contributed by atoms with Crippen LogP contribution in [0.1, 0.15) is 52.9 Å². The quantitative estimate of drug-likeness (QED) is 0.774. The van der Waals surface area contributed by atoms with Crippen molar-refractivity contribution in [2.45, 2.75) is 65.0 Å². The number of Topliss-reactive ketones (excluding diaryl/α,β-unsaturated/α-hetero) is 1. The molecule has 1 N–H and O–H groups in total. The lowest BCUT2D eigenvalue weighted by Crippen LogP contribution is -2.29. The van der Waals surface area contributed by atoms with Gasteiger partial charge < -0.3 is 5.32 Å². The summed E-state index contributed by atoms with van der Waals surface area (Å²) in [5, 5.41) is 3.54. The van der Waals surface area contributed by atoms with Crippen LogP contribution in [0.3, 0.4) is 0 Å². The van der Waals surface area contributed by atoms with Gasteiger partial charge in [0.05, 0.1) is 0 Å². The van der Waals surface area contributed by atoms with Crippen molar-refractivity contribution in [2.24, 2.45) is 11.3 Å². The second kappa shape index (κ2) is 3.89. The van der Waals surface area contributed by atoms with Crippen LogP contribution in [0.2, 0.25) is 0 Å². The Morgan fingerprint density at radius 3 is 2.53 bits per heavy atom. The first-order valence-corrected chi connectivity index (χ1v) is 6.24. The second-order valence-electron chi connectivity index (χ2n) is 6.42. The van der Waals surface area contributed by atoms with Crippen LogP contribution in [0.4, 0.5) is 0 Å². The van der Waals surface area contributed by atoms with Gasteiger partial charge in [0.2, 0.25) is 0 Å². The van der Waals surface area contributed by atoms with Gasteiger partial charge in [0.1, 0.15) is 5.78 Å². The van der Waals surface area contributed by atoms with Crippen LogP contribution < -0.4 is 5.32 Å². The van der Waals surface area contributed by atoms with Crippen LogP contribution in [0, 0.1) is 11.3 Å². The fraction of sp³-hybridized carbons (Fsp3) is 0.923. The van der Waals surface area contributed by atoms with Gasteiger partial charge in [0.25, 0.3) is 0 Å². The second-order valence-corrected chi connectivity index (χ2v) is 6.42. The van der Waals surface area contributed by atoms with Crippen molar-refractivity contribution in [2.75, 3.05) is 0 Å². The Morgan fingerprint density at radius 2 is 2.07 bits per heavy atom. The molecule has 0 radical (unpaired) electrons. The molecule has 0 amide bonds. The highest BCUT2D eigenvalue weighted by molar-refractivity contribution is 5.82. The van der Waals surface area contributed by atoms with Crippen LogP contribution in [0.25, 0.3) is 0 Å². The summed E-state index contributed by atoms with van der Waals surface area (Å²) in [6.07, 6.45) is 5.41. The van der Waals surface area contributed by atoms with Crippen molar-refractivity contribution in [1.29, 1.82) is 0 Å². The van der Waals surface area contributed by atoms with Crippen LogP contribution in [0.5, 0.6) is 0 Å². The van der Waals surface area contributed by atoms with Crippen molar-refractivity contribution in [3.05, 3.63) is 0 Å². The maximum absolute atomic E-state index is 12.0. The number of fused-ring (bicyclic) bond motifs is 2. The number of ketones is 1. The summed E-state index contributed by atoms with van der Waals surface area (Å²) in [5.41, 5.74) is 0.292. The smallest absolute Gasteiger partial charge is 0.137 e. The van der Waals surface area contributed by atoms with Gasteiger partial charge in [-0.05, 0) is 31.1 Å². The Kier molecular flexibility index (Phi) is 2.89. The van der Waals surface area contributed by atoms with E-state index in [0.717, 1.165) is 19.3 Å². The van der Waals surface area contributed by atoms with E-state index < -0.39 is 0 Å². The van der Waals surface area contributed by atoms with E-state index in [1.165, 1.54) is 12.8 Å². The molecule has 2 nitrogen and oxygen atoms in total. The van der Waals surface area contributed by atoms with Crippen molar-refractivity contribution in [3.63, 3.8) is 0 Å². The number of nitrogens with one attached hydrogen (secondary N) is 1. The number of hydrogen-bond donors (Lipinski definition) is 1. The minimum absolute atomic E-state index is 0.292. The maximum Gasteiger partial charge on any atom is 0.137 e. The molecule has 86 valence electrons. The molecule has 0 spiro atoms. The Bertz CT molecular complexity index is 254. The Balaban J connectivity index is 1.82. The average Bonchev–Trinajstić information content (AvgIpc) is 2.73. The fourth-order valence-electron chi connectivity index (χ4n) is 2.86. The normalized spacial score (nSPS) is 34.7. The summed E-state index contributed by atoms with van der Waals surface area (Å²) >= 11 is 0. The Labute approximate surface area is 92.8 Å². The lowest BCUT2D eigenvalue weighted by Gasteiger charge is -2.22. The first-order chi connectivity index (χ1) is 6.96. The first kappa shape index (κ1) is 11.1. The zero-order valence-corrected chi connectivity index (χ0v) is 10.2. The van der Waals surface area contributed by atoms with Gasteiger partial charge in [0.15, 0.2) is 0 Å². The van der Waals surface area contributed by atoms with Crippen LogP contribution in [-0.2, 0) is 4.79 Å². The van der Waals surface area contributed by atoms with Gasteiger partial charge in [0, 0.05) is 24.4 Å². The summed E-state index contributed by atoms with van der Waals surface area (Å²) in [6, 6.07) is 1.17. The summed E-state index contributed by atoms with van der Waals surface area (Å²) < 4.78 is 0. The molecule has 0 aromatic heterocycles. The lowest BCUT2D eigenvalue weighted by atomic mass is 9.81. The third-order valence-corrected chi connectivity index (χ3v) is 3.84. The van der Waals surface area contributed by atoms with E-state index in [-0.39, 0.29) is 0 Å². The summed E-state index contributed by atoms with van der Waals surface area (Å²) in [4.78, 5) is 12.0. The zero-order chi connectivity index (χ0) is 11.1. The molecule has 2 bridgehead atoms. The molecule has 0 saturated carbocycles. The molecule has 2 fully saturated rings. The van der Waals surface area contributed by atoms with E-state index in [4.69, 9.17) is 0 Å². The van der Waals surface area contributed by atoms with Gasteiger partial charge in [-0.2, -0.15) is 0 Å². The third kappa shape index (κ3) is 2.60. The highest BCUT2D eigenvalue weighted by Gasteiger charge is 2.42. The average molecular weight is 209 g/mol. The first-order valence-electron chi connectivity index (χ1n) is 6.24. The molecule has 2 heteroatoms. The Hall–Kier alpha value is -0.370. The molecule has 2 aliphatic rings. The number of carbonyl (C=O) groups excluding carboxylic acids is 1. The SMILES string of the molecule is CC(C)(C)CCC(=O)C1CC2CCC1N2. The van der Waals surface area contributed by atoms with Gasteiger partial charge >= 0.3 is 0 Å². The third-order valence-electron chi connectivity index (χ3n) is 3.84. The molecule has 3 atom stereocenters. The molecule has 0 aromatic carbocycles. The van der Waals surface area contributed by atoms with Gasteiger partial charge in [-0.15, -0.1) is 0 Å². The van der Waals surface area contributed by atoms with Gasteiger partial charge in [-0.25, -0.2) is 0 Å². The topological polar surface area (TPSA) is 29.1 Å². The zero-order valence-electron chi connectivity index (χ0n) is 10.2. The van der Waals surface area contributed by atoms with E-state index in [1.54, 1.807) is 0 Å². The van der Waals surface area contributed by atoms with E-state index in [0.29, 0.717) is 29.2 Å². The highest BCUT2D eigenvalue weighted by Crippen LogP contribution is 2.35. The molecule has 0 aliphatic carbocycles. The molecular weight excluding hydrogens is 186 g/mol. The number of hydrogen-bond acceptors (Lipinski definition) is 2. The molecule has 0 aromatic rings. The predicted molar refractivity (Wildman–Crippen MR) is 61.7 cm³/mol. The van der Waals surface area contributed by atoms with E-state index in [2.05, 4.69) is 26.1 Å². The van der Waals surface area contributed by atoms with E-state index in [1.807, 2.05) is 0 Å². The molecule has 3 unspecified atom stereocenters. The van der Waals surface area contributed by atoms with Crippen molar-refractivity contribution in [1.82, 2.24) is 5.32 Å². The minimum Gasteiger partial charge on any atom is -0.310 e. The summed E-state index contributed by atoms with van der Waals surface area (Å²) in [7, 11) is 0. The molecule has 15 heavy (non-hydrogen) atoms. The van der Waals surface area contributed by atoms with Crippen LogP contribution in [0.15, 0.2) is 0 Å². The number of rotatable bonds is 3. The van der Waals surface area contributed by atoms with E-state index >= 15 is 0 Å². The standard InChI is InChI=1S/C13H23NO/c1-13(2,3)7-6-12(15)10-8-9-4-5-11(10)14-9/h9-11,14H,4-8H2,1-3H3. The van der Waals surface area contributed by atoms with Crippen molar-refractivity contribution in [3.8, 4) is 0 Å². The summed E-state index contributed by atoms with van der Waals surface area (Å²) in [6.45, 7) is 6.62. The van der Waals surface area contributed by atoms with Crippen molar-refractivity contribution < 1.29 is 4.79 Å². The maximum atomic E-state index is 12.0. The molecule has 2 heterocycles. The van der Waals surface area contributed by atoms with Crippen molar-refractivity contribution >= 4 is 5.78 Å².